The van der Waals surface area contributed by atoms with Crippen LogP contribution in [0.3, 0.4) is 0 Å². The lowest BCUT2D eigenvalue weighted by atomic mass is 10.1. The average molecular weight is 352 g/mol. The van der Waals surface area contributed by atoms with E-state index in [1.807, 2.05) is 0 Å². The van der Waals surface area contributed by atoms with Gasteiger partial charge < -0.3 is 10.2 Å². The fraction of sp³-hybridized carbons (Fsp3) is 0.364. The molecule has 0 unspecified atom stereocenters. The van der Waals surface area contributed by atoms with E-state index in [1.165, 1.54) is 13.0 Å². The minimum atomic E-state index is -3.88. The normalized spacial score (nSPS) is 13.3. The second-order valence-electron chi connectivity index (χ2n) is 4.11. The molecule has 0 saturated heterocycles. The number of carbonyl (C=O) groups is 1. The van der Waals surface area contributed by atoms with E-state index in [1.54, 1.807) is 6.92 Å². The molecule has 0 amide bonds. The minimum Gasteiger partial charge on any atom is -0.478 e. The fourth-order valence-corrected chi connectivity index (χ4v) is 3.53. The summed E-state index contributed by atoms with van der Waals surface area (Å²) >= 11 is 3.13. The molecule has 0 radical (unpaired) electrons. The second-order valence-corrected chi connectivity index (χ2v) is 6.64. The largest absolute Gasteiger partial charge is 0.478 e. The van der Waals surface area contributed by atoms with E-state index in [9.17, 15) is 13.2 Å². The van der Waals surface area contributed by atoms with Gasteiger partial charge in [-0.25, -0.2) is 17.9 Å². The van der Waals surface area contributed by atoms with Gasteiger partial charge in [-0.1, -0.05) is 0 Å². The van der Waals surface area contributed by atoms with Crippen molar-refractivity contribution in [2.45, 2.75) is 24.8 Å². The lowest BCUT2D eigenvalue weighted by Gasteiger charge is -2.12. The van der Waals surface area contributed by atoms with Gasteiger partial charge in [0.05, 0.1) is 16.6 Å². The predicted octanol–water partition coefficient (Wildman–Crippen LogP) is 1.11. The smallest absolute Gasteiger partial charge is 0.335 e. The molecule has 0 aliphatic heterocycles. The number of rotatable bonds is 5. The number of halogens is 1. The van der Waals surface area contributed by atoms with E-state index in [-0.39, 0.29) is 17.0 Å². The first kappa shape index (κ1) is 16.1. The average Bonchev–Trinajstić information content (AvgIpc) is 2.29. The van der Waals surface area contributed by atoms with Crippen LogP contribution in [0.5, 0.6) is 0 Å². The van der Waals surface area contributed by atoms with Crippen molar-refractivity contribution in [3.05, 3.63) is 27.7 Å². The number of hydrogen-bond donors (Lipinski definition) is 3. The van der Waals surface area contributed by atoms with E-state index >= 15 is 0 Å². The summed E-state index contributed by atoms with van der Waals surface area (Å²) < 4.78 is 26.6. The van der Waals surface area contributed by atoms with Crippen LogP contribution >= 0.6 is 15.9 Å². The third-order valence-corrected chi connectivity index (χ3v) is 5.09. The number of benzene rings is 1. The SMILES string of the molecule is Cc1cc(C(=O)O)cc(S(=O)(=O)NC[C@H](C)O)c1Br. The molecule has 106 valence electrons. The van der Waals surface area contributed by atoms with Gasteiger partial charge in [0.2, 0.25) is 10.0 Å². The van der Waals surface area contributed by atoms with Crippen molar-refractivity contribution in [1.29, 1.82) is 0 Å². The van der Waals surface area contributed by atoms with Crippen LogP contribution in [0.2, 0.25) is 0 Å². The van der Waals surface area contributed by atoms with Gasteiger partial charge in [-0.15, -0.1) is 0 Å². The molecule has 0 saturated carbocycles. The monoisotopic (exact) mass is 351 g/mol. The molecule has 0 aliphatic carbocycles. The highest BCUT2D eigenvalue weighted by atomic mass is 79.9. The molecular formula is C11H14BrNO5S. The Labute approximate surface area is 119 Å². The Kier molecular flexibility index (Phi) is 5.08. The number of sulfonamides is 1. The summed E-state index contributed by atoms with van der Waals surface area (Å²) in [7, 11) is -3.88. The Balaban J connectivity index is 3.29. The zero-order chi connectivity index (χ0) is 14.8. The van der Waals surface area contributed by atoms with Crippen LogP contribution in [0.4, 0.5) is 0 Å². The zero-order valence-corrected chi connectivity index (χ0v) is 12.7. The van der Waals surface area contributed by atoms with Gasteiger partial charge in [-0.05, 0) is 47.5 Å². The molecule has 3 N–H and O–H groups in total. The van der Waals surface area contributed by atoms with Crippen LogP contribution in [0.25, 0.3) is 0 Å². The van der Waals surface area contributed by atoms with E-state index in [0.29, 0.717) is 10.0 Å². The van der Waals surface area contributed by atoms with Gasteiger partial charge in [0, 0.05) is 11.0 Å². The maximum Gasteiger partial charge on any atom is 0.335 e. The molecule has 19 heavy (non-hydrogen) atoms. The summed E-state index contributed by atoms with van der Waals surface area (Å²) in [5.41, 5.74) is 0.385. The van der Waals surface area contributed by atoms with Crippen LogP contribution in [-0.2, 0) is 10.0 Å². The number of aromatic carboxylic acids is 1. The van der Waals surface area contributed by atoms with Gasteiger partial charge >= 0.3 is 5.97 Å². The number of nitrogens with one attached hydrogen (secondary N) is 1. The van der Waals surface area contributed by atoms with Crippen molar-refractivity contribution in [2.75, 3.05) is 6.54 Å². The molecule has 1 atom stereocenters. The molecule has 0 bridgehead atoms. The topological polar surface area (TPSA) is 104 Å². The number of aliphatic hydroxyl groups is 1. The summed E-state index contributed by atoms with van der Waals surface area (Å²) in [5.74, 6) is -1.21. The fourth-order valence-electron chi connectivity index (χ4n) is 1.36. The van der Waals surface area contributed by atoms with Crippen molar-refractivity contribution in [3.63, 3.8) is 0 Å². The minimum absolute atomic E-state index is 0.113. The van der Waals surface area contributed by atoms with Crippen LogP contribution < -0.4 is 4.72 Å². The quantitative estimate of drug-likeness (QED) is 0.737. The van der Waals surface area contributed by atoms with E-state index in [4.69, 9.17) is 10.2 Å². The third-order valence-electron chi connectivity index (χ3n) is 2.33. The molecule has 1 aromatic rings. The first-order valence-electron chi connectivity index (χ1n) is 5.36. The highest BCUT2D eigenvalue weighted by Gasteiger charge is 2.21. The molecule has 1 aromatic carbocycles. The number of aliphatic hydroxyl groups excluding tert-OH is 1. The summed E-state index contributed by atoms with van der Waals surface area (Å²) in [4.78, 5) is 10.8. The number of carboxylic acids is 1. The molecular weight excluding hydrogens is 338 g/mol. The number of carboxylic acid groups (broad SMARTS) is 1. The van der Waals surface area contributed by atoms with E-state index < -0.39 is 22.1 Å². The van der Waals surface area contributed by atoms with Crippen LogP contribution in [-0.4, -0.2) is 37.2 Å². The van der Waals surface area contributed by atoms with Crippen molar-refractivity contribution >= 4 is 31.9 Å². The Bertz CT molecular complexity index is 597. The Hall–Kier alpha value is -0.960. The summed E-state index contributed by atoms with van der Waals surface area (Å²) in [6.45, 7) is 2.89. The first-order valence-corrected chi connectivity index (χ1v) is 7.64. The maximum atomic E-state index is 12.0. The lowest BCUT2D eigenvalue weighted by molar-refractivity contribution is 0.0696. The van der Waals surface area contributed by atoms with Crippen LogP contribution in [0, 0.1) is 6.92 Å². The van der Waals surface area contributed by atoms with Gasteiger partial charge in [-0.3, -0.25) is 0 Å². The lowest BCUT2D eigenvalue weighted by Crippen LogP contribution is -2.31. The van der Waals surface area contributed by atoms with Crippen molar-refractivity contribution in [3.8, 4) is 0 Å². The van der Waals surface area contributed by atoms with Crippen molar-refractivity contribution < 1.29 is 23.4 Å². The van der Waals surface area contributed by atoms with Gasteiger partial charge in [0.15, 0.2) is 0 Å². The standard InChI is InChI=1S/C11H14BrNO5S/c1-6-3-8(11(15)16)4-9(10(6)12)19(17,18)13-5-7(2)14/h3-4,7,13-14H,5H2,1-2H3,(H,15,16)/t7-/m0/s1. The summed E-state index contributed by atoms with van der Waals surface area (Å²) in [5, 5.41) is 18.0. The summed E-state index contributed by atoms with van der Waals surface area (Å²) in [6.07, 6.45) is -0.836. The van der Waals surface area contributed by atoms with Gasteiger partial charge in [0.1, 0.15) is 0 Å². The highest BCUT2D eigenvalue weighted by Crippen LogP contribution is 2.27. The number of aryl methyl sites for hydroxylation is 1. The molecule has 0 fully saturated rings. The molecule has 0 aromatic heterocycles. The van der Waals surface area contributed by atoms with Crippen molar-refractivity contribution in [1.82, 2.24) is 4.72 Å². The number of hydrogen-bond acceptors (Lipinski definition) is 4. The zero-order valence-electron chi connectivity index (χ0n) is 10.3. The molecule has 6 nitrogen and oxygen atoms in total. The molecule has 0 heterocycles. The Morgan fingerprint density at radius 2 is 2.05 bits per heavy atom. The Morgan fingerprint density at radius 1 is 1.47 bits per heavy atom. The van der Waals surface area contributed by atoms with E-state index in [2.05, 4.69) is 20.7 Å². The first-order chi connectivity index (χ1) is 8.65. The summed E-state index contributed by atoms with van der Waals surface area (Å²) in [6, 6.07) is 2.45. The molecule has 8 heteroatoms. The van der Waals surface area contributed by atoms with Gasteiger partial charge in [0.25, 0.3) is 0 Å². The van der Waals surface area contributed by atoms with Crippen molar-refractivity contribution in [2.24, 2.45) is 0 Å². The second kappa shape index (κ2) is 6.00. The van der Waals surface area contributed by atoms with E-state index in [0.717, 1.165) is 6.07 Å². The van der Waals surface area contributed by atoms with Crippen LogP contribution in [0.1, 0.15) is 22.8 Å². The molecule has 0 aliphatic rings. The molecule has 1 rings (SSSR count). The maximum absolute atomic E-state index is 12.0. The van der Waals surface area contributed by atoms with Crippen LogP contribution in [0.15, 0.2) is 21.5 Å². The highest BCUT2D eigenvalue weighted by molar-refractivity contribution is 9.10. The third kappa shape index (κ3) is 4.00. The Morgan fingerprint density at radius 3 is 2.53 bits per heavy atom. The predicted molar refractivity (Wildman–Crippen MR) is 72.7 cm³/mol. The molecule has 0 spiro atoms. The van der Waals surface area contributed by atoms with Gasteiger partial charge in [-0.2, -0.15) is 0 Å².